The van der Waals surface area contributed by atoms with Crippen LogP contribution in [0.15, 0.2) is 61.1 Å². The lowest BCUT2D eigenvalue weighted by atomic mass is 10.0. The van der Waals surface area contributed by atoms with Gasteiger partial charge in [-0.1, -0.05) is 36.0 Å². The molecule has 2 heterocycles. The summed E-state index contributed by atoms with van der Waals surface area (Å²) in [6.45, 7) is 0.498. The number of fused-ring (bicyclic) bond motifs is 1. The van der Waals surface area contributed by atoms with Crippen molar-refractivity contribution in [3.05, 3.63) is 77.7 Å². The van der Waals surface area contributed by atoms with E-state index in [1.54, 1.807) is 12.4 Å². The first-order valence-electron chi connectivity index (χ1n) is 9.32. The van der Waals surface area contributed by atoms with E-state index < -0.39 is 11.7 Å². The highest BCUT2D eigenvalue weighted by Gasteiger charge is 2.30. The number of rotatable bonds is 5. The average Bonchev–Trinajstić information content (AvgIpc) is 3.07. The van der Waals surface area contributed by atoms with Crippen molar-refractivity contribution in [1.82, 2.24) is 15.1 Å². The maximum absolute atomic E-state index is 12.7. The molecule has 5 nitrogen and oxygen atoms in total. The van der Waals surface area contributed by atoms with E-state index in [2.05, 4.69) is 10.2 Å². The number of aromatic nitrogens is 2. The second kappa shape index (κ2) is 8.25. The molecule has 0 bridgehead atoms. The van der Waals surface area contributed by atoms with Crippen LogP contribution in [0.5, 0.6) is 0 Å². The highest BCUT2D eigenvalue weighted by Crippen LogP contribution is 2.38. The molecule has 2 aromatic carbocycles. The molecule has 0 spiro atoms. The number of thioether (sulfide) groups is 1. The molecule has 3 aromatic rings. The van der Waals surface area contributed by atoms with Gasteiger partial charge in [0.15, 0.2) is 0 Å². The van der Waals surface area contributed by atoms with Crippen LogP contribution in [-0.2, 0) is 12.6 Å². The summed E-state index contributed by atoms with van der Waals surface area (Å²) >= 11 is 1.54. The molecule has 4 N–H and O–H groups in total. The quantitative estimate of drug-likeness (QED) is 0.640. The Balaban J connectivity index is 1.43. The van der Waals surface area contributed by atoms with E-state index in [-0.39, 0.29) is 11.5 Å². The topological polar surface area (TPSA) is 81.1 Å². The molecule has 0 aliphatic carbocycles. The number of benzene rings is 2. The largest absolute Gasteiger partial charge is 0.416 e. The second-order valence-electron chi connectivity index (χ2n) is 7.19. The molecule has 1 aliphatic heterocycles. The Morgan fingerprint density at radius 1 is 1.03 bits per heavy atom. The zero-order valence-electron chi connectivity index (χ0n) is 15.9. The van der Waals surface area contributed by atoms with Gasteiger partial charge in [-0.15, -0.1) is 0 Å². The zero-order chi connectivity index (χ0) is 21.3. The van der Waals surface area contributed by atoms with Crippen LogP contribution in [0.4, 0.5) is 13.2 Å². The van der Waals surface area contributed by atoms with Crippen LogP contribution in [0.25, 0.3) is 15.7 Å². The summed E-state index contributed by atoms with van der Waals surface area (Å²) in [5.74, 6) is 0. The SMILES string of the molecule is NC1SC(c2ccc3cnncc3c2)=CN1C[C@H](N)Cc1ccc(C(F)(F)F)cc1. The minimum absolute atomic E-state index is 0.268. The normalized spacial score (nSPS) is 18.0. The van der Waals surface area contributed by atoms with Gasteiger partial charge in [0.25, 0.3) is 0 Å². The van der Waals surface area contributed by atoms with Gasteiger partial charge in [0.1, 0.15) is 5.50 Å². The van der Waals surface area contributed by atoms with Crippen molar-refractivity contribution in [2.75, 3.05) is 6.54 Å². The van der Waals surface area contributed by atoms with Gasteiger partial charge in [-0.3, -0.25) is 0 Å². The summed E-state index contributed by atoms with van der Waals surface area (Å²) in [5, 5.41) is 9.81. The van der Waals surface area contributed by atoms with E-state index in [0.29, 0.717) is 13.0 Å². The van der Waals surface area contributed by atoms with Gasteiger partial charge in [0.05, 0.1) is 18.0 Å². The molecule has 1 unspecified atom stereocenters. The molecular weight excluding hydrogens is 411 g/mol. The zero-order valence-corrected chi connectivity index (χ0v) is 16.7. The van der Waals surface area contributed by atoms with Crippen LogP contribution < -0.4 is 11.5 Å². The number of hydrogen-bond acceptors (Lipinski definition) is 6. The third-order valence-electron chi connectivity index (χ3n) is 4.91. The number of hydrogen-bond donors (Lipinski definition) is 2. The predicted octanol–water partition coefficient (Wildman–Crippen LogP) is 3.81. The van der Waals surface area contributed by atoms with Gasteiger partial charge in [-0.25, -0.2) is 0 Å². The average molecular weight is 431 g/mol. The third kappa shape index (κ3) is 4.58. The molecule has 0 saturated carbocycles. The molecule has 0 radical (unpaired) electrons. The lowest BCUT2D eigenvalue weighted by Crippen LogP contribution is -2.42. The Bertz CT molecular complexity index is 1070. The van der Waals surface area contributed by atoms with Crippen LogP contribution in [0.3, 0.4) is 0 Å². The Hall–Kier alpha value is -2.62. The molecule has 2 atom stereocenters. The molecule has 0 amide bonds. The molecule has 4 rings (SSSR count). The van der Waals surface area contributed by atoms with Crippen LogP contribution in [-0.4, -0.2) is 33.2 Å². The molecule has 0 saturated heterocycles. The Morgan fingerprint density at radius 3 is 2.43 bits per heavy atom. The van der Waals surface area contributed by atoms with Crippen LogP contribution >= 0.6 is 11.8 Å². The summed E-state index contributed by atoms with van der Waals surface area (Å²) in [7, 11) is 0. The molecule has 1 aromatic heterocycles. The van der Waals surface area contributed by atoms with Crippen molar-refractivity contribution in [1.29, 1.82) is 0 Å². The Kier molecular flexibility index (Phi) is 5.68. The second-order valence-corrected chi connectivity index (χ2v) is 8.35. The van der Waals surface area contributed by atoms with Gasteiger partial charge in [-0.2, -0.15) is 23.4 Å². The van der Waals surface area contributed by atoms with Gasteiger partial charge >= 0.3 is 6.18 Å². The lowest BCUT2D eigenvalue weighted by molar-refractivity contribution is -0.137. The van der Waals surface area contributed by atoms with E-state index in [1.807, 2.05) is 29.3 Å². The van der Waals surface area contributed by atoms with E-state index in [4.69, 9.17) is 11.5 Å². The van der Waals surface area contributed by atoms with Crippen molar-refractivity contribution in [3.63, 3.8) is 0 Å². The highest BCUT2D eigenvalue weighted by molar-refractivity contribution is 8.09. The van der Waals surface area contributed by atoms with Crippen molar-refractivity contribution >= 4 is 27.4 Å². The fraction of sp³-hybridized carbons (Fsp3) is 0.238. The number of nitrogens with zero attached hydrogens (tertiary/aromatic N) is 3. The molecule has 156 valence electrons. The summed E-state index contributed by atoms with van der Waals surface area (Å²) in [4.78, 5) is 2.99. The van der Waals surface area contributed by atoms with Gasteiger partial charge in [0.2, 0.25) is 0 Å². The first kappa shape index (κ1) is 20.6. The standard InChI is InChI=1S/C21H20F3N5S/c22-21(23,24)17-5-1-13(2-6-17)7-18(25)11-29-12-19(30-20(29)26)14-3-4-15-9-27-28-10-16(15)8-14/h1-6,8-10,12,18,20H,7,11,25-26H2/t18-,20?/m1/s1. The molecule has 9 heteroatoms. The van der Waals surface area contributed by atoms with Crippen molar-refractivity contribution in [2.45, 2.75) is 24.1 Å². The maximum Gasteiger partial charge on any atom is 0.416 e. The lowest BCUT2D eigenvalue weighted by Gasteiger charge is -2.24. The first-order valence-corrected chi connectivity index (χ1v) is 10.2. The summed E-state index contributed by atoms with van der Waals surface area (Å²) in [6.07, 6.45) is 1.54. The van der Waals surface area contributed by atoms with E-state index in [1.165, 1.54) is 23.9 Å². The van der Waals surface area contributed by atoms with E-state index in [9.17, 15) is 13.2 Å². The fourth-order valence-corrected chi connectivity index (χ4v) is 4.37. The van der Waals surface area contributed by atoms with E-state index in [0.717, 1.165) is 38.9 Å². The number of alkyl halides is 3. The number of halogens is 3. The molecule has 1 aliphatic rings. The van der Waals surface area contributed by atoms with Crippen LogP contribution in [0.1, 0.15) is 16.7 Å². The fourth-order valence-electron chi connectivity index (χ4n) is 3.37. The molecule has 0 fully saturated rings. The van der Waals surface area contributed by atoms with Crippen molar-refractivity contribution in [2.24, 2.45) is 11.5 Å². The molecular formula is C21H20F3N5S. The van der Waals surface area contributed by atoms with Gasteiger partial charge in [-0.05, 0) is 35.7 Å². The monoisotopic (exact) mass is 431 g/mol. The van der Waals surface area contributed by atoms with Crippen LogP contribution in [0.2, 0.25) is 0 Å². The van der Waals surface area contributed by atoms with Crippen molar-refractivity contribution in [3.8, 4) is 0 Å². The summed E-state index contributed by atoms with van der Waals surface area (Å²) in [6, 6.07) is 10.9. The maximum atomic E-state index is 12.7. The smallest absolute Gasteiger partial charge is 0.351 e. The van der Waals surface area contributed by atoms with Crippen LogP contribution in [0, 0.1) is 0 Å². The van der Waals surface area contributed by atoms with Gasteiger partial charge in [0, 0.05) is 34.5 Å². The van der Waals surface area contributed by atoms with Crippen molar-refractivity contribution < 1.29 is 13.2 Å². The summed E-state index contributed by atoms with van der Waals surface area (Å²) < 4.78 is 38.1. The highest BCUT2D eigenvalue weighted by atomic mass is 32.2. The predicted molar refractivity (Wildman–Crippen MR) is 113 cm³/mol. The Morgan fingerprint density at radius 2 is 1.73 bits per heavy atom. The van der Waals surface area contributed by atoms with Gasteiger partial charge < -0.3 is 16.4 Å². The number of nitrogens with two attached hydrogens (primary N) is 2. The third-order valence-corrected chi connectivity index (χ3v) is 6.02. The minimum atomic E-state index is -4.34. The first-order chi connectivity index (χ1) is 14.3. The molecule has 30 heavy (non-hydrogen) atoms. The van der Waals surface area contributed by atoms with E-state index >= 15 is 0 Å². The Labute approximate surface area is 175 Å². The minimum Gasteiger partial charge on any atom is -0.351 e. The summed E-state index contributed by atoms with van der Waals surface area (Å²) in [5.41, 5.74) is 13.4.